The van der Waals surface area contributed by atoms with Gasteiger partial charge in [0.05, 0.1) is 12.6 Å². The van der Waals surface area contributed by atoms with E-state index < -0.39 is 11.2 Å². The van der Waals surface area contributed by atoms with Crippen LogP contribution >= 0.6 is 23.4 Å². The lowest BCUT2D eigenvalue weighted by Gasteiger charge is -2.09. The minimum atomic E-state index is -1.03. The number of thioether (sulfide) groups is 1. The Morgan fingerprint density at radius 2 is 2.07 bits per heavy atom. The highest BCUT2D eigenvalue weighted by Gasteiger charge is 2.32. The molecule has 9 heteroatoms. The number of nitrogens with one attached hydrogen (secondary N) is 1. The van der Waals surface area contributed by atoms with Gasteiger partial charge in [-0.2, -0.15) is 5.10 Å². The number of amides is 1. The number of carboxylic acids is 1. The van der Waals surface area contributed by atoms with Crippen LogP contribution in [-0.2, 0) is 9.59 Å². The fraction of sp³-hybridized carbons (Fsp3) is 0.222. The van der Waals surface area contributed by atoms with Gasteiger partial charge in [0.25, 0.3) is 0 Å². The van der Waals surface area contributed by atoms with Gasteiger partial charge in [-0.3, -0.25) is 9.59 Å². The van der Waals surface area contributed by atoms with Crippen molar-refractivity contribution in [2.75, 3.05) is 0 Å². The number of hydrogen-bond donors (Lipinski definition) is 2. The number of nitrogens with zero attached hydrogens (tertiary/aromatic N) is 3. The van der Waals surface area contributed by atoms with E-state index in [4.69, 9.17) is 16.7 Å². The first kappa shape index (κ1) is 19.2. The number of aromatic nitrogens is 1. The third kappa shape index (κ3) is 4.40. The second kappa shape index (κ2) is 7.98. The van der Waals surface area contributed by atoms with Crippen LogP contribution < -0.4 is 5.32 Å². The van der Waals surface area contributed by atoms with E-state index in [2.05, 4.69) is 20.1 Å². The zero-order chi connectivity index (χ0) is 19.6. The van der Waals surface area contributed by atoms with Crippen molar-refractivity contribution in [1.82, 2.24) is 9.88 Å². The van der Waals surface area contributed by atoms with Crippen LogP contribution in [0.1, 0.15) is 23.4 Å². The molecule has 2 N–H and O–H groups in total. The van der Waals surface area contributed by atoms with Crippen LogP contribution in [-0.4, -0.2) is 38.2 Å². The molecule has 0 radical (unpaired) electrons. The fourth-order valence-electron chi connectivity index (χ4n) is 2.79. The SMILES string of the molecule is Cc1cc(/C=N\N=C2/NC(=O)[C@H](CC(=O)O)S2)c(C)n1-c1ccc(Cl)cc1. The number of aliphatic carboxylic acids is 1. The molecular weight excluding hydrogens is 388 g/mol. The Morgan fingerprint density at radius 3 is 2.74 bits per heavy atom. The lowest BCUT2D eigenvalue weighted by Crippen LogP contribution is -2.26. The summed E-state index contributed by atoms with van der Waals surface area (Å²) in [5.74, 6) is -1.39. The molecule has 1 amide bonds. The molecule has 3 rings (SSSR count). The molecule has 0 saturated carbocycles. The van der Waals surface area contributed by atoms with E-state index in [1.54, 1.807) is 6.21 Å². The highest BCUT2D eigenvalue weighted by Crippen LogP contribution is 2.23. The average Bonchev–Trinajstić information content (AvgIpc) is 3.08. The van der Waals surface area contributed by atoms with Crippen molar-refractivity contribution < 1.29 is 14.7 Å². The molecule has 1 saturated heterocycles. The van der Waals surface area contributed by atoms with Crippen molar-refractivity contribution >= 4 is 46.6 Å². The van der Waals surface area contributed by atoms with Gasteiger partial charge in [0.1, 0.15) is 5.25 Å². The van der Waals surface area contributed by atoms with Gasteiger partial charge in [-0.25, -0.2) is 0 Å². The Bertz CT molecular complexity index is 950. The highest BCUT2D eigenvalue weighted by atomic mass is 35.5. The summed E-state index contributed by atoms with van der Waals surface area (Å²) in [5.41, 5.74) is 3.92. The first-order chi connectivity index (χ1) is 12.8. The van der Waals surface area contributed by atoms with Gasteiger partial charge in [0, 0.05) is 27.7 Å². The average molecular weight is 405 g/mol. The van der Waals surface area contributed by atoms with Crippen LogP contribution in [0.2, 0.25) is 5.02 Å². The van der Waals surface area contributed by atoms with Gasteiger partial charge < -0.3 is 15.0 Å². The van der Waals surface area contributed by atoms with Crippen molar-refractivity contribution in [2.24, 2.45) is 10.2 Å². The maximum Gasteiger partial charge on any atom is 0.305 e. The first-order valence-corrected chi connectivity index (χ1v) is 9.36. The Kier molecular flexibility index (Phi) is 5.67. The molecule has 1 aliphatic heterocycles. The van der Waals surface area contributed by atoms with Gasteiger partial charge >= 0.3 is 5.97 Å². The third-order valence-electron chi connectivity index (χ3n) is 4.04. The van der Waals surface area contributed by atoms with Gasteiger partial charge in [0.15, 0.2) is 5.17 Å². The van der Waals surface area contributed by atoms with Crippen LogP contribution in [0.4, 0.5) is 0 Å². The predicted octanol–water partition coefficient (Wildman–Crippen LogP) is 3.14. The molecule has 1 aromatic carbocycles. The van der Waals surface area contributed by atoms with E-state index in [0.29, 0.717) is 10.2 Å². The Labute approximate surface area is 165 Å². The monoisotopic (exact) mass is 404 g/mol. The number of aryl methyl sites for hydroxylation is 1. The minimum Gasteiger partial charge on any atom is -0.481 e. The number of halogens is 1. The summed E-state index contributed by atoms with van der Waals surface area (Å²) in [6, 6.07) is 9.54. The summed E-state index contributed by atoms with van der Waals surface area (Å²) in [6.45, 7) is 3.97. The smallest absolute Gasteiger partial charge is 0.305 e. The second-order valence-corrected chi connectivity index (χ2v) is 7.61. The summed E-state index contributed by atoms with van der Waals surface area (Å²) in [5, 5.41) is 19.7. The summed E-state index contributed by atoms with van der Waals surface area (Å²) < 4.78 is 2.08. The maximum absolute atomic E-state index is 11.7. The molecule has 2 heterocycles. The number of carbonyl (C=O) groups excluding carboxylic acids is 1. The summed E-state index contributed by atoms with van der Waals surface area (Å²) in [6.07, 6.45) is 1.36. The normalized spacial score (nSPS) is 18.4. The van der Waals surface area contributed by atoms with Crippen LogP contribution in [0.15, 0.2) is 40.5 Å². The molecule has 1 atom stereocenters. The predicted molar refractivity (Wildman–Crippen MR) is 107 cm³/mol. The molecule has 7 nitrogen and oxygen atoms in total. The van der Waals surface area contributed by atoms with E-state index in [-0.39, 0.29) is 12.3 Å². The number of rotatable bonds is 5. The number of benzene rings is 1. The van der Waals surface area contributed by atoms with Crippen molar-refractivity contribution in [3.63, 3.8) is 0 Å². The quantitative estimate of drug-likeness (QED) is 0.591. The zero-order valence-electron chi connectivity index (χ0n) is 14.6. The Hall–Kier alpha value is -2.58. The molecule has 1 aliphatic rings. The second-order valence-electron chi connectivity index (χ2n) is 5.98. The zero-order valence-corrected chi connectivity index (χ0v) is 16.2. The third-order valence-corrected chi connectivity index (χ3v) is 5.36. The van der Waals surface area contributed by atoms with E-state index in [9.17, 15) is 9.59 Å². The van der Waals surface area contributed by atoms with Crippen molar-refractivity contribution in [1.29, 1.82) is 0 Å². The number of carboxylic acid groups (broad SMARTS) is 1. The summed E-state index contributed by atoms with van der Waals surface area (Å²) in [7, 11) is 0. The van der Waals surface area contributed by atoms with Crippen molar-refractivity contribution in [2.45, 2.75) is 25.5 Å². The number of carbonyl (C=O) groups is 2. The molecule has 0 spiro atoms. The molecule has 27 heavy (non-hydrogen) atoms. The summed E-state index contributed by atoms with van der Waals surface area (Å²) >= 11 is 7.02. The Balaban J connectivity index is 1.77. The van der Waals surface area contributed by atoms with Gasteiger partial charge in [-0.15, -0.1) is 5.10 Å². The van der Waals surface area contributed by atoms with Crippen LogP contribution in [0.25, 0.3) is 5.69 Å². The molecule has 0 unspecified atom stereocenters. The molecule has 1 fully saturated rings. The number of amidine groups is 1. The molecule has 0 bridgehead atoms. The maximum atomic E-state index is 11.7. The van der Waals surface area contributed by atoms with Gasteiger partial charge in [0.2, 0.25) is 5.91 Å². The van der Waals surface area contributed by atoms with Crippen LogP contribution in [0, 0.1) is 13.8 Å². The topological polar surface area (TPSA) is 96.1 Å². The minimum absolute atomic E-state index is 0.249. The van der Waals surface area contributed by atoms with Crippen molar-refractivity contribution in [3.8, 4) is 5.69 Å². The molecule has 140 valence electrons. The molecule has 1 aromatic heterocycles. The van der Waals surface area contributed by atoms with Crippen molar-refractivity contribution in [3.05, 3.63) is 52.3 Å². The standard InChI is InChI=1S/C18H17ClN4O3S/c1-10-7-12(11(2)23(10)14-5-3-13(19)4-6-14)9-20-22-18-21-17(26)15(27-18)8-16(24)25/h3-7,9,15H,8H2,1-2H3,(H,24,25)(H,21,22,26)/b20-9-/t15-/m0/s1. The first-order valence-electron chi connectivity index (χ1n) is 8.10. The van der Waals surface area contributed by atoms with E-state index in [0.717, 1.165) is 34.4 Å². The largest absolute Gasteiger partial charge is 0.481 e. The van der Waals surface area contributed by atoms with Crippen LogP contribution in [0.3, 0.4) is 0 Å². The lowest BCUT2D eigenvalue weighted by molar-refractivity contribution is -0.138. The van der Waals surface area contributed by atoms with E-state index >= 15 is 0 Å². The van der Waals surface area contributed by atoms with Gasteiger partial charge in [-0.1, -0.05) is 23.4 Å². The molecule has 2 aromatic rings. The molecular formula is C18H17ClN4O3S. The lowest BCUT2D eigenvalue weighted by atomic mass is 10.2. The highest BCUT2D eigenvalue weighted by molar-refractivity contribution is 8.15. The molecule has 0 aliphatic carbocycles. The van der Waals surface area contributed by atoms with Crippen LogP contribution in [0.5, 0.6) is 0 Å². The fourth-order valence-corrected chi connectivity index (χ4v) is 3.84. The number of hydrogen-bond acceptors (Lipinski definition) is 5. The van der Waals surface area contributed by atoms with E-state index in [1.165, 1.54) is 0 Å². The van der Waals surface area contributed by atoms with Gasteiger partial charge in [-0.05, 0) is 44.2 Å². The van der Waals surface area contributed by atoms with E-state index in [1.807, 2.05) is 44.2 Å². The Morgan fingerprint density at radius 1 is 1.37 bits per heavy atom. The summed E-state index contributed by atoms with van der Waals surface area (Å²) in [4.78, 5) is 22.4.